The highest BCUT2D eigenvalue weighted by molar-refractivity contribution is 7.10. The van der Waals surface area contributed by atoms with Gasteiger partial charge in [0.2, 0.25) is 0 Å². The van der Waals surface area contributed by atoms with Crippen molar-refractivity contribution < 1.29 is 4.52 Å². The van der Waals surface area contributed by atoms with Crippen molar-refractivity contribution in [1.29, 1.82) is 0 Å². The average Bonchev–Trinajstić information content (AvgIpc) is 2.95. The molecule has 104 valence electrons. The van der Waals surface area contributed by atoms with E-state index in [1.165, 1.54) is 0 Å². The Morgan fingerprint density at radius 2 is 2.11 bits per heavy atom. The number of hydrogen-bond acceptors (Lipinski definition) is 6. The molecule has 1 unspecified atom stereocenters. The lowest BCUT2D eigenvalue weighted by atomic mass is 9.98. The first kappa shape index (κ1) is 14.1. The molecule has 2 heterocycles. The van der Waals surface area contributed by atoms with Gasteiger partial charge >= 0.3 is 0 Å². The lowest BCUT2D eigenvalue weighted by molar-refractivity contribution is 0.417. The fourth-order valence-electron chi connectivity index (χ4n) is 1.53. The van der Waals surface area contributed by atoms with Crippen LogP contribution in [-0.4, -0.2) is 28.2 Å². The van der Waals surface area contributed by atoms with Crippen LogP contribution in [-0.2, 0) is 11.8 Å². The van der Waals surface area contributed by atoms with E-state index in [-0.39, 0.29) is 5.41 Å². The number of rotatable bonds is 4. The average molecular weight is 280 g/mol. The molecule has 0 aliphatic carbocycles. The smallest absolute Gasteiger partial charge is 0.277 e. The normalized spacial score (nSPS) is 13.7. The standard InChI is InChI=1S/C13H20N4OS/c1-8(14-5)6-10-16-11(18-17-10)9-7-19-12(15-9)13(2,3)4/h7-8,14H,6H2,1-5H3. The van der Waals surface area contributed by atoms with Crippen LogP contribution in [0.4, 0.5) is 0 Å². The van der Waals surface area contributed by atoms with Gasteiger partial charge in [-0.15, -0.1) is 11.3 Å². The molecule has 0 amide bonds. The maximum Gasteiger partial charge on any atom is 0.277 e. The zero-order valence-corrected chi connectivity index (χ0v) is 12.8. The molecule has 0 aliphatic rings. The van der Waals surface area contributed by atoms with Gasteiger partial charge < -0.3 is 9.84 Å². The highest BCUT2D eigenvalue weighted by atomic mass is 32.1. The number of likely N-dealkylation sites (N-methyl/N-ethyl adjacent to an activating group) is 1. The first-order valence-electron chi connectivity index (χ1n) is 6.36. The van der Waals surface area contributed by atoms with E-state index in [2.05, 4.69) is 48.1 Å². The van der Waals surface area contributed by atoms with E-state index in [1.54, 1.807) is 11.3 Å². The van der Waals surface area contributed by atoms with Gasteiger partial charge in [-0.1, -0.05) is 25.9 Å². The summed E-state index contributed by atoms with van der Waals surface area (Å²) >= 11 is 1.63. The number of nitrogens with one attached hydrogen (secondary N) is 1. The molecule has 0 bridgehead atoms. The van der Waals surface area contributed by atoms with Crippen molar-refractivity contribution in [3.8, 4) is 11.6 Å². The van der Waals surface area contributed by atoms with Crippen LogP contribution in [0.15, 0.2) is 9.90 Å². The molecular weight excluding hydrogens is 260 g/mol. The maximum atomic E-state index is 5.28. The van der Waals surface area contributed by atoms with Crippen LogP contribution in [0.25, 0.3) is 11.6 Å². The van der Waals surface area contributed by atoms with Crippen molar-refractivity contribution in [3.63, 3.8) is 0 Å². The molecule has 0 spiro atoms. The molecule has 0 saturated carbocycles. The summed E-state index contributed by atoms with van der Waals surface area (Å²) in [6, 6.07) is 0.325. The third-order valence-electron chi connectivity index (χ3n) is 2.81. The third kappa shape index (κ3) is 3.39. The van der Waals surface area contributed by atoms with Crippen molar-refractivity contribution in [1.82, 2.24) is 20.4 Å². The van der Waals surface area contributed by atoms with Crippen molar-refractivity contribution in [2.75, 3.05) is 7.05 Å². The van der Waals surface area contributed by atoms with Gasteiger partial charge in [-0.05, 0) is 14.0 Å². The van der Waals surface area contributed by atoms with E-state index < -0.39 is 0 Å². The topological polar surface area (TPSA) is 63.8 Å². The molecule has 1 N–H and O–H groups in total. The molecule has 0 aromatic carbocycles. The molecule has 1 atom stereocenters. The SMILES string of the molecule is CNC(C)Cc1noc(-c2csc(C(C)(C)C)n2)n1. The lowest BCUT2D eigenvalue weighted by Gasteiger charge is -2.13. The van der Waals surface area contributed by atoms with Gasteiger partial charge in [-0.25, -0.2) is 4.98 Å². The minimum Gasteiger partial charge on any atom is -0.332 e. The lowest BCUT2D eigenvalue weighted by Crippen LogP contribution is -2.24. The highest BCUT2D eigenvalue weighted by Gasteiger charge is 2.20. The number of nitrogens with zero attached hydrogens (tertiary/aromatic N) is 3. The van der Waals surface area contributed by atoms with Crippen LogP contribution in [0.3, 0.4) is 0 Å². The summed E-state index contributed by atoms with van der Waals surface area (Å²) in [5.74, 6) is 1.22. The van der Waals surface area contributed by atoms with E-state index in [0.29, 0.717) is 17.8 Å². The monoisotopic (exact) mass is 280 g/mol. The number of thiazole rings is 1. The summed E-state index contributed by atoms with van der Waals surface area (Å²) in [6.07, 6.45) is 0.746. The number of hydrogen-bond donors (Lipinski definition) is 1. The van der Waals surface area contributed by atoms with Crippen molar-refractivity contribution in [3.05, 3.63) is 16.2 Å². The molecule has 0 aliphatic heterocycles. The predicted octanol–water partition coefficient (Wildman–Crippen LogP) is 2.64. The molecule has 2 aromatic heterocycles. The van der Waals surface area contributed by atoms with Gasteiger partial charge in [-0.3, -0.25) is 0 Å². The Hall–Kier alpha value is -1.27. The maximum absolute atomic E-state index is 5.28. The number of aromatic nitrogens is 3. The van der Waals surface area contributed by atoms with Gasteiger partial charge in [0, 0.05) is 23.3 Å². The zero-order valence-electron chi connectivity index (χ0n) is 12.0. The Morgan fingerprint density at radius 1 is 1.37 bits per heavy atom. The molecule has 2 aromatic rings. The van der Waals surface area contributed by atoms with E-state index >= 15 is 0 Å². The predicted molar refractivity (Wildman–Crippen MR) is 76.3 cm³/mol. The minimum absolute atomic E-state index is 0.0480. The minimum atomic E-state index is 0.0480. The molecule has 0 saturated heterocycles. The van der Waals surface area contributed by atoms with Gasteiger partial charge in [0.1, 0.15) is 5.69 Å². The highest BCUT2D eigenvalue weighted by Crippen LogP contribution is 2.29. The molecule has 0 radical (unpaired) electrons. The molecule has 6 heteroatoms. The van der Waals surface area contributed by atoms with Crippen LogP contribution in [0.1, 0.15) is 38.5 Å². The fourth-order valence-corrected chi connectivity index (χ4v) is 2.41. The van der Waals surface area contributed by atoms with Gasteiger partial charge in [0.05, 0.1) is 5.01 Å². The van der Waals surface area contributed by atoms with Crippen molar-refractivity contribution in [2.24, 2.45) is 0 Å². The van der Waals surface area contributed by atoms with Crippen LogP contribution in [0.2, 0.25) is 0 Å². The molecule has 19 heavy (non-hydrogen) atoms. The second kappa shape index (κ2) is 5.38. The quantitative estimate of drug-likeness (QED) is 0.932. The summed E-state index contributed by atoms with van der Waals surface area (Å²) in [5, 5.41) is 10.2. The Kier molecular flexibility index (Phi) is 4.01. The second-order valence-electron chi connectivity index (χ2n) is 5.70. The summed E-state index contributed by atoms with van der Waals surface area (Å²) in [7, 11) is 1.92. The first-order chi connectivity index (χ1) is 8.90. The molecule has 0 fully saturated rings. The van der Waals surface area contributed by atoms with Crippen LogP contribution in [0.5, 0.6) is 0 Å². The summed E-state index contributed by atoms with van der Waals surface area (Å²) in [5.41, 5.74) is 0.817. The largest absolute Gasteiger partial charge is 0.332 e. The Morgan fingerprint density at radius 3 is 2.68 bits per heavy atom. The van der Waals surface area contributed by atoms with Gasteiger partial charge in [0.15, 0.2) is 5.82 Å². The van der Waals surface area contributed by atoms with Gasteiger partial charge in [0.25, 0.3) is 5.89 Å². The van der Waals surface area contributed by atoms with E-state index in [1.807, 2.05) is 12.4 Å². The second-order valence-corrected chi connectivity index (χ2v) is 6.56. The van der Waals surface area contributed by atoms with Crippen LogP contribution in [0, 0.1) is 0 Å². The molecule has 5 nitrogen and oxygen atoms in total. The molecule has 2 rings (SSSR count). The summed E-state index contributed by atoms with van der Waals surface area (Å²) in [6.45, 7) is 8.51. The Labute approximate surface area is 117 Å². The van der Waals surface area contributed by atoms with Crippen LogP contribution >= 0.6 is 11.3 Å². The summed E-state index contributed by atoms with van der Waals surface area (Å²) in [4.78, 5) is 8.96. The van der Waals surface area contributed by atoms with E-state index in [9.17, 15) is 0 Å². The van der Waals surface area contributed by atoms with Crippen molar-refractivity contribution in [2.45, 2.75) is 45.6 Å². The fraction of sp³-hybridized carbons (Fsp3) is 0.615. The third-order valence-corrected chi connectivity index (χ3v) is 4.08. The first-order valence-corrected chi connectivity index (χ1v) is 7.24. The summed E-state index contributed by atoms with van der Waals surface area (Å²) < 4.78 is 5.28. The van der Waals surface area contributed by atoms with E-state index in [0.717, 1.165) is 17.1 Å². The Balaban J connectivity index is 2.16. The van der Waals surface area contributed by atoms with E-state index in [4.69, 9.17) is 4.52 Å². The zero-order chi connectivity index (χ0) is 14.0. The van der Waals surface area contributed by atoms with Gasteiger partial charge in [-0.2, -0.15) is 4.98 Å². The Bertz CT molecular complexity index is 541. The van der Waals surface area contributed by atoms with Crippen LogP contribution < -0.4 is 5.32 Å². The molecular formula is C13H20N4OS. The van der Waals surface area contributed by atoms with Crippen molar-refractivity contribution >= 4 is 11.3 Å².